The topological polar surface area (TPSA) is 34.6 Å². The van der Waals surface area contributed by atoms with Crippen LogP contribution in [0.3, 0.4) is 0 Å². The van der Waals surface area contributed by atoms with Crippen molar-refractivity contribution in [2.24, 2.45) is 0 Å². The van der Waals surface area contributed by atoms with Gasteiger partial charge in [-0.15, -0.1) is 0 Å². The third kappa shape index (κ3) is 4.06. The second-order valence-electron chi connectivity index (χ2n) is 6.17. The monoisotopic (exact) mass is 374 g/mol. The van der Waals surface area contributed by atoms with Gasteiger partial charge in [-0.2, -0.15) is 0 Å². The highest BCUT2D eigenvalue weighted by Gasteiger charge is 2.11. The first-order valence-electron chi connectivity index (χ1n) is 8.19. The molecule has 0 saturated heterocycles. The van der Waals surface area contributed by atoms with E-state index in [4.69, 9.17) is 21.1 Å². The summed E-state index contributed by atoms with van der Waals surface area (Å²) in [6.07, 6.45) is 0. The van der Waals surface area contributed by atoms with Crippen molar-refractivity contribution in [2.75, 3.05) is 34.4 Å². The molecule has 0 aliphatic rings. The van der Waals surface area contributed by atoms with Crippen LogP contribution in [0.1, 0.15) is 0 Å². The van der Waals surface area contributed by atoms with Gasteiger partial charge in [0, 0.05) is 23.6 Å². The van der Waals surface area contributed by atoms with Crippen LogP contribution in [0, 0.1) is 5.82 Å². The summed E-state index contributed by atoms with van der Waals surface area (Å²) < 4.78 is 24.6. The standard InChI is InChI=1S/C20H20ClFN2O2/c1-24(2)8-9-26-14-6-4-13(5-7-14)18-11-16(21)15-10-17(22)20(25-3)12-19(15)23-18/h4-7,10-12H,8-9H2,1-3H3. The zero-order valence-corrected chi connectivity index (χ0v) is 15.7. The van der Waals surface area contributed by atoms with Gasteiger partial charge in [-0.25, -0.2) is 9.37 Å². The van der Waals surface area contributed by atoms with Crippen molar-refractivity contribution in [3.05, 3.63) is 53.3 Å². The predicted molar refractivity (Wildman–Crippen MR) is 103 cm³/mol. The van der Waals surface area contributed by atoms with Crippen molar-refractivity contribution in [2.45, 2.75) is 0 Å². The lowest BCUT2D eigenvalue weighted by molar-refractivity contribution is 0.261. The number of aromatic nitrogens is 1. The molecule has 1 aromatic heterocycles. The molecular formula is C20H20ClFN2O2. The minimum Gasteiger partial charge on any atom is -0.494 e. The Morgan fingerprint density at radius 1 is 1.12 bits per heavy atom. The van der Waals surface area contributed by atoms with E-state index < -0.39 is 5.82 Å². The molecule has 0 unspecified atom stereocenters. The normalized spacial score (nSPS) is 11.2. The fraction of sp³-hybridized carbons (Fsp3) is 0.250. The lowest BCUT2D eigenvalue weighted by Crippen LogP contribution is -2.19. The maximum absolute atomic E-state index is 13.9. The van der Waals surface area contributed by atoms with E-state index in [1.165, 1.54) is 13.2 Å². The van der Waals surface area contributed by atoms with E-state index in [1.807, 2.05) is 38.4 Å². The molecule has 3 rings (SSSR count). The van der Waals surface area contributed by atoms with E-state index in [0.717, 1.165) is 17.9 Å². The number of hydrogen-bond acceptors (Lipinski definition) is 4. The Kier molecular flexibility index (Phi) is 5.59. The van der Waals surface area contributed by atoms with Gasteiger partial charge in [-0.05, 0) is 50.5 Å². The zero-order valence-electron chi connectivity index (χ0n) is 14.9. The first kappa shape index (κ1) is 18.4. The maximum atomic E-state index is 13.9. The molecule has 1 heterocycles. The summed E-state index contributed by atoms with van der Waals surface area (Å²) in [5, 5.41) is 0.996. The largest absolute Gasteiger partial charge is 0.494 e. The Morgan fingerprint density at radius 3 is 2.50 bits per heavy atom. The average molecular weight is 375 g/mol. The summed E-state index contributed by atoms with van der Waals surface area (Å²) in [5.74, 6) is 0.477. The van der Waals surface area contributed by atoms with Gasteiger partial charge in [0.2, 0.25) is 0 Å². The molecule has 0 radical (unpaired) electrons. The van der Waals surface area contributed by atoms with Crippen LogP contribution >= 0.6 is 11.6 Å². The Bertz CT molecular complexity index is 914. The first-order chi connectivity index (χ1) is 12.5. The van der Waals surface area contributed by atoms with Crippen molar-refractivity contribution in [3.63, 3.8) is 0 Å². The molecule has 0 bridgehead atoms. The predicted octanol–water partition coefficient (Wildman–Crippen LogP) is 4.64. The maximum Gasteiger partial charge on any atom is 0.165 e. The number of hydrogen-bond donors (Lipinski definition) is 0. The van der Waals surface area contributed by atoms with Crippen molar-refractivity contribution >= 4 is 22.5 Å². The number of nitrogens with zero attached hydrogens (tertiary/aromatic N) is 2. The van der Waals surface area contributed by atoms with Gasteiger partial charge >= 0.3 is 0 Å². The molecule has 4 nitrogen and oxygen atoms in total. The third-order valence-electron chi connectivity index (χ3n) is 3.99. The summed E-state index contributed by atoms with van der Waals surface area (Å²) in [7, 11) is 5.43. The highest BCUT2D eigenvalue weighted by atomic mass is 35.5. The summed E-state index contributed by atoms with van der Waals surface area (Å²) >= 11 is 6.33. The number of benzene rings is 2. The molecule has 3 aromatic rings. The average Bonchev–Trinajstić information content (AvgIpc) is 2.62. The molecule has 2 aromatic carbocycles. The van der Waals surface area contributed by atoms with E-state index in [-0.39, 0.29) is 5.75 Å². The van der Waals surface area contributed by atoms with E-state index in [1.54, 1.807) is 12.1 Å². The summed E-state index contributed by atoms with van der Waals surface area (Å²) in [5.41, 5.74) is 2.19. The van der Waals surface area contributed by atoms with Gasteiger partial charge in [-0.1, -0.05) is 11.6 Å². The molecule has 0 saturated carbocycles. The lowest BCUT2D eigenvalue weighted by Gasteiger charge is -2.11. The Hall–Kier alpha value is -2.37. The number of pyridine rings is 1. The minimum atomic E-state index is -0.462. The molecule has 0 atom stereocenters. The Morgan fingerprint density at radius 2 is 1.85 bits per heavy atom. The lowest BCUT2D eigenvalue weighted by atomic mass is 10.1. The number of rotatable bonds is 6. The third-order valence-corrected chi connectivity index (χ3v) is 4.30. The highest BCUT2D eigenvalue weighted by molar-refractivity contribution is 6.35. The van der Waals surface area contributed by atoms with Crippen molar-refractivity contribution in [1.29, 1.82) is 0 Å². The number of fused-ring (bicyclic) bond motifs is 1. The van der Waals surface area contributed by atoms with E-state index >= 15 is 0 Å². The molecule has 0 amide bonds. The van der Waals surface area contributed by atoms with Crippen LogP contribution < -0.4 is 9.47 Å². The molecule has 26 heavy (non-hydrogen) atoms. The van der Waals surface area contributed by atoms with E-state index in [9.17, 15) is 4.39 Å². The van der Waals surface area contributed by atoms with Crippen LogP contribution in [0.2, 0.25) is 5.02 Å². The molecule has 0 aliphatic carbocycles. The molecule has 0 spiro atoms. The molecule has 6 heteroatoms. The van der Waals surface area contributed by atoms with Gasteiger partial charge in [0.1, 0.15) is 12.4 Å². The second-order valence-corrected chi connectivity index (χ2v) is 6.58. The van der Waals surface area contributed by atoms with Crippen molar-refractivity contribution < 1.29 is 13.9 Å². The number of likely N-dealkylation sites (N-methyl/N-ethyl adjacent to an activating group) is 1. The van der Waals surface area contributed by atoms with E-state index in [0.29, 0.717) is 28.2 Å². The van der Waals surface area contributed by atoms with Crippen molar-refractivity contribution in [1.82, 2.24) is 9.88 Å². The zero-order chi connectivity index (χ0) is 18.7. The van der Waals surface area contributed by atoms with Crippen molar-refractivity contribution in [3.8, 4) is 22.8 Å². The Balaban J connectivity index is 1.89. The Labute approximate surface area is 157 Å². The molecule has 0 N–H and O–H groups in total. The quantitative estimate of drug-likeness (QED) is 0.629. The van der Waals surface area contributed by atoms with Gasteiger partial charge in [0.15, 0.2) is 11.6 Å². The highest BCUT2D eigenvalue weighted by Crippen LogP contribution is 2.32. The number of methoxy groups -OCH3 is 1. The minimum absolute atomic E-state index is 0.142. The fourth-order valence-electron chi connectivity index (χ4n) is 2.56. The second kappa shape index (κ2) is 7.89. The fourth-order valence-corrected chi connectivity index (χ4v) is 2.81. The number of halogens is 2. The summed E-state index contributed by atoms with van der Waals surface area (Å²) in [6, 6.07) is 12.3. The SMILES string of the molecule is COc1cc2nc(-c3ccc(OCCN(C)C)cc3)cc(Cl)c2cc1F. The smallest absolute Gasteiger partial charge is 0.165 e. The van der Waals surface area contributed by atoms with Crippen LogP contribution in [0.15, 0.2) is 42.5 Å². The van der Waals surface area contributed by atoms with E-state index in [2.05, 4.69) is 9.88 Å². The van der Waals surface area contributed by atoms with Crippen LogP contribution in [0.4, 0.5) is 4.39 Å². The summed E-state index contributed by atoms with van der Waals surface area (Å²) in [6.45, 7) is 1.47. The van der Waals surface area contributed by atoms with Gasteiger partial charge in [-0.3, -0.25) is 0 Å². The van der Waals surface area contributed by atoms with Crippen LogP contribution in [0.25, 0.3) is 22.2 Å². The molecular weight excluding hydrogens is 355 g/mol. The molecule has 0 aliphatic heterocycles. The van der Waals surface area contributed by atoms with Crippen LogP contribution in [0.5, 0.6) is 11.5 Å². The summed E-state index contributed by atoms with van der Waals surface area (Å²) in [4.78, 5) is 6.65. The molecule has 0 fully saturated rings. The molecule has 136 valence electrons. The van der Waals surface area contributed by atoms with Crippen LogP contribution in [-0.4, -0.2) is 44.2 Å². The van der Waals surface area contributed by atoms with Gasteiger partial charge < -0.3 is 14.4 Å². The van der Waals surface area contributed by atoms with Gasteiger partial charge in [0.05, 0.1) is 23.3 Å². The number of ether oxygens (including phenoxy) is 2. The first-order valence-corrected chi connectivity index (χ1v) is 8.57. The van der Waals surface area contributed by atoms with Gasteiger partial charge in [0.25, 0.3) is 0 Å². The van der Waals surface area contributed by atoms with Crippen LogP contribution in [-0.2, 0) is 0 Å².